The van der Waals surface area contributed by atoms with E-state index in [0.29, 0.717) is 31.6 Å². The molecule has 6 heteroatoms. The van der Waals surface area contributed by atoms with Gasteiger partial charge in [0.2, 0.25) is 5.91 Å². The molecule has 0 radical (unpaired) electrons. The van der Waals surface area contributed by atoms with E-state index in [4.69, 9.17) is 4.98 Å². The summed E-state index contributed by atoms with van der Waals surface area (Å²) in [4.78, 5) is 36.5. The molecule has 2 aromatic heterocycles. The molecule has 6 nitrogen and oxygen atoms in total. The average molecular weight is 515 g/mol. The van der Waals surface area contributed by atoms with Gasteiger partial charge in [-0.05, 0) is 67.3 Å². The molecule has 1 aromatic carbocycles. The summed E-state index contributed by atoms with van der Waals surface area (Å²) in [6.07, 6.45) is 5.27. The van der Waals surface area contributed by atoms with Crippen molar-refractivity contribution in [2.24, 2.45) is 11.3 Å². The molecule has 0 aliphatic heterocycles. The third kappa shape index (κ3) is 5.90. The highest BCUT2D eigenvalue weighted by molar-refractivity contribution is 5.86. The summed E-state index contributed by atoms with van der Waals surface area (Å²) in [5.74, 6) is 0.677. The zero-order valence-corrected chi connectivity index (χ0v) is 24.0. The topological polar surface area (TPSA) is 75.2 Å². The van der Waals surface area contributed by atoms with Crippen LogP contribution in [0.15, 0.2) is 42.6 Å². The van der Waals surface area contributed by atoms with Gasteiger partial charge in [-0.2, -0.15) is 0 Å². The number of Topliss-reactive ketones (excluding diaryl/α,β-unsaturated/α-hetero) is 1. The van der Waals surface area contributed by atoms with Crippen molar-refractivity contribution in [3.05, 3.63) is 59.4 Å². The van der Waals surface area contributed by atoms with Gasteiger partial charge >= 0.3 is 0 Å². The first-order chi connectivity index (χ1) is 18.0. The molecule has 0 unspecified atom stereocenters. The van der Waals surface area contributed by atoms with Crippen molar-refractivity contribution in [2.45, 2.75) is 85.6 Å². The van der Waals surface area contributed by atoms with Gasteiger partial charge in [0.25, 0.3) is 0 Å². The fourth-order valence-corrected chi connectivity index (χ4v) is 5.80. The minimum absolute atomic E-state index is 0.0693. The zero-order valence-electron chi connectivity index (χ0n) is 24.0. The highest BCUT2D eigenvalue weighted by atomic mass is 16.2. The highest BCUT2D eigenvalue weighted by Crippen LogP contribution is 2.40. The average Bonchev–Trinajstić information content (AvgIpc) is 2.88. The Kier molecular flexibility index (Phi) is 8.19. The Bertz CT molecular complexity index is 1300. The lowest BCUT2D eigenvalue weighted by molar-refractivity contribution is -0.140. The van der Waals surface area contributed by atoms with Crippen LogP contribution in [0.4, 0.5) is 11.4 Å². The molecule has 0 spiro atoms. The Morgan fingerprint density at radius 1 is 1.11 bits per heavy atom. The second kappa shape index (κ2) is 11.2. The molecule has 2 heterocycles. The number of fused-ring (bicyclic) bond motifs is 1. The van der Waals surface area contributed by atoms with E-state index in [2.05, 4.69) is 69.2 Å². The predicted octanol–water partition coefficient (Wildman–Crippen LogP) is 7.50. The molecular formula is C32H42N4O2. The van der Waals surface area contributed by atoms with E-state index >= 15 is 0 Å². The molecule has 1 amide bonds. The molecule has 1 saturated carbocycles. The van der Waals surface area contributed by atoms with Crippen molar-refractivity contribution >= 4 is 34.1 Å². The van der Waals surface area contributed by atoms with E-state index in [9.17, 15) is 9.59 Å². The monoisotopic (exact) mass is 514 g/mol. The number of aryl methyl sites for hydroxylation is 1. The maximum Gasteiger partial charge on any atom is 0.225 e. The number of hydrogen-bond acceptors (Lipinski definition) is 5. The molecule has 0 saturated heterocycles. The summed E-state index contributed by atoms with van der Waals surface area (Å²) in [7, 11) is 1.91. The summed E-state index contributed by atoms with van der Waals surface area (Å²) < 4.78 is 0. The van der Waals surface area contributed by atoms with Gasteiger partial charge in [0.15, 0.2) is 0 Å². The standard InChI is InChI=1S/C32H42N4O2/c1-8-20(2)28-27(19-33-26-18-9-21(3)34-29(26)28)35-24-14-10-22(11-15-24)30(32(4,5)6)36(7)31(38)23-12-16-25(37)17-13-23/h9-11,14-15,18-20,23,30,35H,8,12-13,16-17H2,1-7H3/t20-,30+/m1/s1. The highest BCUT2D eigenvalue weighted by Gasteiger charge is 2.36. The number of ketones is 1. The van der Waals surface area contributed by atoms with Crippen LogP contribution in [0.25, 0.3) is 11.0 Å². The summed E-state index contributed by atoms with van der Waals surface area (Å²) in [5, 5.41) is 3.60. The molecule has 1 aliphatic rings. The van der Waals surface area contributed by atoms with Crippen LogP contribution >= 0.6 is 0 Å². The van der Waals surface area contributed by atoms with Gasteiger partial charge in [0, 0.05) is 42.8 Å². The second-order valence-corrected chi connectivity index (χ2v) is 12.0. The largest absolute Gasteiger partial charge is 0.354 e. The smallest absolute Gasteiger partial charge is 0.225 e. The number of carbonyl (C=O) groups is 2. The molecule has 1 N–H and O–H groups in total. The van der Waals surface area contributed by atoms with Crippen molar-refractivity contribution in [1.29, 1.82) is 0 Å². The molecule has 1 fully saturated rings. The molecular weight excluding hydrogens is 472 g/mol. The maximum absolute atomic E-state index is 13.4. The first kappa shape index (κ1) is 27.7. The van der Waals surface area contributed by atoms with E-state index in [1.807, 2.05) is 37.2 Å². The normalized spacial score (nSPS) is 16.3. The van der Waals surface area contributed by atoms with Crippen LogP contribution in [-0.2, 0) is 9.59 Å². The minimum Gasteiger partial charge on any atom is -0.354 e. The van der Waals surface area contributed by atoms with E-state index in [0.717, 1.165) is 40.1 Å². The maximum atomic E-state index is 13.4. The zero-order chi connectivity index (χ0) is 27.6. The first-order valence-corrected chi connectivity index (χ1v) is 13.9. The van der Waals surface area contributed by atoms with Crippen LogP contribution in [0.1, 0.15) is 95.5 Å². The Hall–Kier alpha value is -3.28. The van der Waals surface area contributed by atoms with Gasteiger partial charge < -0.3 is 10.2 Å². The fourth-order valence-electron chi connectivity index (χ4n) is 5.80. The molecule has 4 rings (SSSR count). The number of aromatic nitrogens is 2. The van der Waals surface area contributed by atoms with Crippen LogP contribution in [0.5, 0.6) is 0 Å². The summed E-state index contributed by atoms with van der Waals surface area (Å²) in [6.45, 7) is 13.0. The Balaban J connectivity index is 1.61. The lowest BCUT2D eigenvalue weighted by Crippen LogP contribution is -2.42. The first-order valence-electron chi connectivity index (χ1n) is 13.9. The summed E-state index contributed by atoms with van der Waals surface area (Å²) in [5.41, 5.74) is 6.93. The second-order valence-electron chi connectivity index (χ2n) is 12.0. The Labute approximate surface area is 227 Å². The van der Waals surface area contributed by atoms with E-state index < -0.39 is 0 Å². The van der Waals surface area contributed by atoms with Crippen molar-refractivity contribution < 1.29 is 9.59 Å². The quantitative estimate of drug-likeness (QED) is 0.353. The summed E-state index contributed by atoms with van der Waals surface area (Å²) in [6, 6.07) is 12.4. The Morgan fingerprint density at radius 2 is 1.76 bits per heavy atom. The minimum atomic E-state index is -0.153. The lowest BCUT2D eigenvalue weighted by Gasteiger charge is -2.40. The summed E-state index contributed by atoms with van der Waals surface area (Å²) >= 11 is 0. The lowest BCUT2D eigenvalue weighted by atomic mass is 9.80. The van der Waals surface area contributed by atoms with Gasteiger partial charge in [-0.15, -0.1) is 0 Å². The number of amides is 1. The number of pyridine rings is 2. The van der Waals surface area contributed by atoms with E-state index in [1.165, 1.54) is 5.56 Å². The molecule has 3 aromatic rings. The van der Waals surface area contributed by atoms with E-state index in [1.54, 1.807) is 0 Å². The molecule has 202 valence electrons. The SMILES string of the molecule is CC[C@@H](C)c1c(Nc2ccc([C@H](N(C)C(=O)C3CCC(=O)CC3)C(C)(C)C)cc2)cnc2ccc(C)nc12. The predicted molar refractivity (Wildman–Crippen MR) is 155 cm³/mol. The number of nitrogens with one attached hydrogen (secondary N) is 1. The number of anilines is 2. The molecule has 2 atom stereocenters. The van der Waals surface area contributed by atoms with Crippen molar-refractivity contribution in [3.8, 4) is 0 Å². The number of carbonyl (C=O) groups excluding carboxylic acids is 2. The van der Waals surface area contributed by atoms with Gasteiger partial charge in [-0.1, -0.05) is 46.8 Å². The van der Waals surface area contributed by atoms with Crippen molar-refractivity contribution in [1.82, 2.24) is 14.9 Å². The van der Waals surface area contributed by atoms with Gasteiger partial charge in [0.05, 0.1) is 29.0 Å². The molecule has 38 heavy (non-hydrogen) atoms. The van der Waals surface area contributed by atoms with Gasteiger partial charge in [0.1, 0.15) is 5.78 Å². The number of hydrogen-bond donors (Lipinski definition) is 1. The van der Waals surface area contributed by atoms with Crippen LogP contribution < -0.4 is 5.32 Å². The fraction of sp³-hybridized carbons (Fsp3) is 0.500. The van der Waals surface area contributed by atoms with Crippen molar-refractivity contribution in [3.63, 3.8) is 0 Å². The van der Waals surface area contributed by atoms with Gasteiger partial charge in [-0.25, -0.2) is 0 Å². The number of rotatable bonds is 7. The van der Waals surface area contributed by atoms with Crippen molar-refractivity contribution in [2.75, 3.05) is 12.4 Å². The van der Waals surface area contributed by atoms with Crippen LogP contribution in [-0.4, -0.2) is 33.6 Å². The van der Waals surface area contributed by atoms with Crippen LogP contribution in [0.3, 0.4) is 0 Å². The third-order valence-corrected chi connectivity index (χ3v) is 7.95. The Morgan fingerprint density at radius 3 is 2.37 bits per heavy atom. The number of nitrogens with zero attached hydrogens (tertiary/aromatic N) is 3. The van der Waals surface area contributed by atoms with Crippen LogP contribution in [0, 0.1) is 18.3 Å². The third-order valence-electron chi connectivity index (χ3n) is 7.95. The van der Waals surface area contributed by atoms with Crippen LogP contribution in [0.2, 0.25) is 0 Å². The van der Waals surface area contributed by atoms with E-state index in [-0.39, 0.29) is 29.1 Å². The number of benzene rings is 1. The molecule has 1 aliphatic carbocycles. The van der Waals surface area contributed by atoms with Gasteiger partial charge in [-0.3, -0.25) is 19.6 Å². The molecule has 0 bridgehead atoms.